The standard InChI is InChI=1S/C12H19ClFN/c1-9(2)12(14)11(13)8-10(3)6-4-5-7-15/h8H,1,4-7,15H2,2-3H3/b10-8+,12-11-. The molecule has 1 nitrogen and oxygen atoms in total. The minimum absolute atomic E-state index is 0.132. The molecule has 3 heteroatoms. The van der Waals surface area contributed by atoms with Crippen molar-refractivity contribution in [3.05, 3.63) is 34.7 Å². The van der Waals surface area contributed by atoms with Crippen LogP contribution in [0.25, 0.3) is 0 Å². The summed E-state index contributed by atoms with van der Waals surface area (Å²) in [5.41, 5.74) is 6.79. The van der Waals surface area contributed by atoms with Gasteiger partial charge in [0.2, 0.25) is 0 Å². The van der Waals surface area contributed by atoms with Gasteiger partial charge in [0.15, 0.2) is 0 Å². The molecular weight excluding hydrogens is 213 g/mol. The molecule has 0 saturated carbocycles. The summed E-state index contributed by atoms with van der Waals surface area (Å²) in [5.74, 6) is -0.435. The Labute approximate surface area is 96.5 Å². The van der Waals surface area contributed by atoms with Crippen LogP contribution in [0.5, 0.6) is 0 Å². The Hall–Kier alpha value is -0.600. The first-order valence-corrected chi connectivity index (χ1v) is 5.45. The van der Waals surface area contributed by atoms with Gasteiger partial charge in [-0.05, 0) is 51.3 Å². The molecule has 0 aromatic rings. The van der Waals surface area contributed by atoms with Gasteiger partial charge in [-0.1, -0.05) is 23.8 Å². The van der Waals surface area contributed by atoms with Crippen molar-refractivity contribution in [3.63, 3.8) is 0 Å². The number of hydrogen-bond donors (Lipinski definition) is 1. The summed E-state index contributed by atoms with van der Waals surface area (Å²) in [4.78, 5) is 0. The normalized spacial score (nSPS) is 13.8. The van der Waals surface area contributed by atoms with Crippen molar-refractivity contribution >= 4 is 11.6 Å². The van der Waals surface area contributed by atoms with Crippen LogP contribution in [0.4, 0.5) is 4.39 Å². The van der Waals surface area contributed by atoms with Crippen LogP contribution in [0, 0.1) is 0 Å². The van der Waals surface area contributed by atoms with E-state index in [1.165, 1.54) is 0 Å². The summed E-state index contributed by atoms with van der Waals surface area (Å²) < 4.78 is 13.3. The number of hydrogen-bond acceptors (Lipinski definition) is 1. The summed E-state index contributed by atoms with van der Waals surface area (Å²) in [5, 5.41) is 0.132. The van der Waals surface area contributed by atoms with E-state index in [9.17, 15) is 4.39 Å². The highest BCUT2D eigenvalue weighted by atomic mass is 35.5. The average Bonchev–Trinajstić information content (AvgIpc) is 2.16. The topological polar surface area (TPSA) is 26.0 Å². The Morgan fingerprint density at radius 2 is 2.00 bits per heavy atom. The Morgan fingerprint density at radius 3 is 2.47 bits per heavy atom. The highest BCUT2D eigenvalue weighted by Crippen LogP contribution is 2.21. The van der Waals surface area contributed by atoms with E-state index in [1.54, 1.807) is 13.0 Å². The lowest BCUT2D eigenvalue weighted by Crippen LogP contribution is -1.97. The van der Waals surface area contributed by atoms with E-state index in [-0.39, 0.29) is 5.03 Å². The molecule has 2 N–H and O–H groups in total. The Balaban J connectivity index is 4.34. The van der Waals surface area contributed by atoms with Gasteiger partial charge in [-0.15, -0.1) is 0 Å². The summed E-state index contributed by atoms with van der Waals surface area (Å²) in [7, 11) is 0. The van der Waals surface area contributed by atoms with E-state index in [4.69, 9.17) is 17.3 Å². The van der Waals surface area contributed by atoms with Crippen molar-refractivity contribution in [1.29, 1.82) is 0 Å². The molecule has 0 radical (unpaired) electrons. The number of rotatable bonds is 6. The van der Waals surface area contributed by atoms with Crippen LogP contribution >= 0.6 is 11.6 Å². The van der Waals surface area contributed by atoms with Crippen LogP contribution in [0.1, 0.15) is 33.1 Å². The Kier molecular flexibility index (Phi) is 7.35. The fraction of sp³-hybridized carbons (Fsp3) is 0.500. The molecule has 15 heavy (non-hydrogen) atoms. The molecule has 0 aliphatic rings. The van der Waals surface area contributed by atoms with Crippen LogP contribution in [-0.2, 0) is 0 Å². The maximum Gasteiger partial charge on any atom is 0.144 e. The maximum atomic E-state index is 13.3. The summed E-state index contributed by atoms with van der Waals surface area (Å²) in [6, 6.07) is 0. The van der Waals surface area contributed by atoms with E-state index >= 15 is 0 Å². The fourth-order valence-electron chi connectivity index (χ4n) is 1.10. The first-order valence-electron chi connectivity index (χ1n) is 5.07. The second-order valence-corrected chi connectivity index (χ2v) is 4.09. The first kappa shape index (κ1) is 14.4. The molecule has 0 aliphatic heterocycles. The molecule has 86 valence electrons. The van der Waals surface area contributed by atoms with Crippen molar-refractivity contribution in [1.82, 2.24) is 0 Å². The molecule has 0 aromatic carbocycles. The third-order valence-corrected chi connectivity index (χ3v) is 2.26. The van der Waals surface area contributed by atoms with E-state index in [2.05, 4.69) is 6.58 Å². The molecule has 0 amide bonds. The van der Waals surface area contributed by atoms with Gasteiger partial charge in [0.1, 0.15) is 5.83 Å². The second kappa shape index (κ2) is 7.66. The van der Waals surface area contributed by atoms with Crippen LogP contribution in [0.2, 0.25) is 0 Å². The van der Waals surface area contributed by atoms with E-state index in [0.29, 0.717) is 12.1 Å². The molecule has 0 unspecified atom stereocenters. The van der Waals surface area contributed by atoms with Crippen LogP contribution < -0.4 is 5.73 Å². The summed E-state index contributed by atoms with van der Waals surface area (Å²) in [6.07, 6.45) is 4.55. The molecule has 0 saturated heterocycles. The largest absolute Gasteiger partial charge is 0.330 e. The number of nitrogens with two attached hydrogens (primary N) is 1. The van der Waals surface area contributed by atoms with Crippen molar-refractivity contribution < 1.29 is 4.39 Å². The molecule has 0 spiro atoms. The third kappa shape index (κ3) is 6.47. The molecule has 0 aromatic heterocycles. The van der Waals surface area contributed by atoms with Gasteiger partial charge in [0, 0.05) is 0 Å². The Morgan fingerprint density at radius 1 is 1.40 bits per heavy atom. The van der Waals surface area contributed by atoms with E-state index < -0.39 is 5.83 Å². The van der Waals surface area contributed by atoms with Crippen molar-refractivity contribution in [2.75, 3.05) is 6.54 Å². The minimum Gasteiger partial charge on any atom is -0.330 e. The van der Waals surface area contributed by atoms with Crippen molar-refractivity contribution in [3.8, 4) is 0 Å². The zero-order valence-corrected chi connectivity index (χ0v) is 10.2. The predicted octanol–water partition coefficient (Wildman–Crippen LogP) is 4.06. The maximum absolute atomic E-state index is 13.3. The van der Waals surface area contributed by atoms with Gasteiger partial charge >= 0.3 is 0 Å². The van der Waals surface area contributed by atoms with Gasteiger partial charge in [0.05, 0.1) is 5.03 Å². The van der Waals surface area contributed by atoms with Crippen LogP contribution in [-0.4, -0.2) is 6.54 Å². The highest BCUT2D eigenvalue weighted by Gasteiger charge is 2.02. The molecule has 0 atom stereocenters. The predicted molar refractivity (Wildman–Crippen MR) is 65.5 cm³/mol. The molecule has 0 heterocycles. The summed E-state index contributed by atoms with van der Waals surface area (Å²) >= 11 is 5.78. The van der Waals surface area contributed by atoms with Gasteiger partial charge in [0.25, 0.3) is 0 Å². The second-order valence-electron chi connectivity index (χ2n) is 3.68. The van der Waals surface area contributed by atoms with Gasteiger partial charge in [-0.3, -0.25) is 0 Å². The van der Waals surface area contributed by atoms with Crippen LogP contribution in [0.15, 0.2) is 34.7 Å². The number of halogens is 2. The van der Waals surface area contributed by atoms with E-state index in [0.717, 1.165) is 24.8 Å². The van der Waals surface area contributed by atoms with Gasteiger partial charge in [-0.25, -0.2) is 4.39 Å². The highest BCUT2D eigenvalue weighted by molar-refractivity contribution is 6.31. The lowest BCUT2D eigenvalue weighted by atomic mass is 10.1. The number of unbranched alkanes of at least 4 members (excludes halogenated alkanes) is 1. The Bertz CT molecular complexity index is 279. The molecule has 0 rings (SSSR count). The average molecular weight is 232 g/mol. The van der Waals surface area contributed by atoms with E-state index in [1.807, 2.05) is 6.92 Å². The number of allylic oxidation sites excluding steroid dienone is 5. The quantitative estimate of drug-likeness (QED) is 0.542. The monoisotopic (exact) mass is 231 g/mol. The third-order valence-electron chi connectivity index (χ3n) is 1.98. The fourth-order valence-corrected chi connectivity index (χ4v) is 1.45. The SMILES string of the molecule is C=C(C)/C(F)=C(Cl)\C=C(/C)CCCCN. The van der Waals surface area contributed by atoms with Crippen molar-refractivity contribution in [2.24, 2.45) is 5.73 Å². The van der Waals surface area contributed by atoms with Gasteiger partial charge in [-0.2, -0.15) is 0 Å². The zero-order valence-electron chi connectivity index (χ0n) is 9.45. The zero-order chi connectivity index (χ0) is 11.8. The molecule has 0 aliphatic carbocycles. The molecular formula is C12H19ClFN. The minimum atomic E-state index is -0.435. The van der Waals surface area contributed by atoms with Crippen LogP contribution in [0.3, 0.4) is 0 Å². The molecule has 0 fully saturated rings. The van der Waals surface area contributed by atoms with Crippen molar-refractivity contribution in [2.45, 2.75) is 33.1 Å². The summed E-state index contributed by atoms with van der Waals surface area (Å²) in [6.45, 7) is 7.71. The smallest absolute Gasteiger partial charge is 0.144 e. The first-order chi connectivity index (χ1) is 6.99. The lowest BCUT2D eigenvalue weighted by molar-refractivity contribution is 0.649. The molecule has 0 bridgehead atoms. The lowest BCUT2D eigenvalue weighted by Gasteiger charge is -2.01. The van der Waals surface area contributed by atoms with Gasteiger partial charge < -0.3 is 5.73 Å².